The third-order valence-electron chi connectivity index (χ3n) is 6.82. The first-order valence-electron chi connectivity index (χ1n) is 12.2. The van der Waals surface area contributed by atoms with E-state index in [0.717, 1.165) is 49.8 Å². The molecule has 7 heteroatoms. The largest absolute Gasteiger partial charge is 0.493 e. The molecule has 1 saturated carbocycles. The Hall–Kier alpha value is -2.83. The predicted octanol–water partition coefficient (Wildman–Crippen LogP) is 4.49. The smallest absolute Gasteiger partial charge is 0.344 e. The number of ether oxygens (including phenoxy) is 3. The molecule has 1 fully saturated rings. The van der Waals surface area contributed by atoms with Crippen LogP contribution in [-0.4, -0.2) is 49.0 Å². The summed E-state index contributed by atoms with van der Waals surface area (Å²) in [6.45, 7) is 1.87. The minimum Gasteiger partial charge on any atom is -0.493 e. The maximum Gasteiger partial charge on any atom is 0.344 e. The van der Waals surface area contributed by atoms with Gasteiger partial charge in [0.25, 0.3) is 0 Å². The lowest BCUT2D eigenvalue weighted by Crippen LogP contribution is -2.49. The molecule has 0 N–H and O–H groups in total. The maximum absolute atomic E-state index is 13.4. The first-order chi connectivity index (χ1) is 16.1. The van der Waals surface area contributed by atoms with Crippen molar-refractivity contribution in [2.75, 3.05) is 20.3 Å². The summed E-state index contributed by atoms with van der Waals surface area (Å²) in [6, 6.07) is 5.83. The van der Waals surface area contributed by atoms with Crippen molar-refractivity contribution in [3.8, 4) is 11.5 Å². The van der Waals surface area contributed by atoms with Crippen LogP contribution >= 0.6 is 0 Å². The molecular weight excluding hydrogens is 420 g/mol. The summed E-state index contributed by atoms with van der Waals surface area (Å²) in [5, 5.41) is 6.78. The Bertz CT molecular complexity index is 917. The van der Waals surface area contributed by atoms with Crippen molar-refractivity contribution < 1.29 is 23.8 Å². The summed E-state index contributed by atoms with van der Waals surface area (Å²) >= 11 is 0. The van der Waals surface area contributed by atoms with Crippen LogP contribution in [-0.2, 0) is 14.3 Å². The topological polar surface area (TPSA) is 77.4 Å². The first kappa shape index (κ1) is 23.3. The number of methoxy groups -OCH3 is 1. The molecule has 0 saturated heterocycles. The molecule has 2 atom stereocenters. The number of benzene rings is 1. The standard InChI is InChI=1S/C26H34N2O5/c1-3-32-24(29)17-33-23-16-18(14-15-22(23)31-2)25-20-12-8-9-13-21(20)26(30)28(27-25)19-10-6-4-5-7-11-19/h8-9,14-16,19-21H,3-7,10-13,17H2,1-2H3. The number of hydrogen-bond acceptors (Lipinski definition) is 6. The van der Waals surface area contributed by atoms with Gasteiger partial charge in [-0.25, -0.2) is 9.80 Å². The van der Waals surface area contributed by atoms with E-state index in [1.165, 1.54) is 12.8 Å². The molecule has 1 aliphatic heterocycles. The molecule has 1 aromatic carbocycles. The van der Waals surface area contributed by atoms with Gasteiger partial charge in [-0.2, -0.15) is 5.10 Å². The zero-order valence-electron chi connectivity index (χ0n) is 19.6. The van der Waals surface area contributed by atoms with Gasteiger partial charge in [0.1, 0.15) is 0 Å². The molecule has 33 heavy (non-hydrogen) atoms. The van der Waals surface area contributed by atoms with Crippen molar-refractivity contribution in [3.05, 3.63) is 35.9 Å². The van der Waals surface area contributed by atoms with Crippen LogP contribution in [0.1, 0.15) is 63.9 Å². The van der Waals surface area contributed by atoms with E-state index in [9.17, 15) is 9.59 Å². The van der Waals surface area contributed by atoms with E-state index in [0.29, 0.717) is 18.1 Å². The number of allylic oxidation sites excluding steroid dienone is 2. The Kier molecular flexibility index (Phi) is 7.68. The highest BCUT2D eigenvalue weighted by atomic mass is 16.6. The highest BCUT2D eigenvalue weighted by Gasteiger charge is 2.42. The number of rotatable bonds is 7. The Labute approximate surface area is 195 Å². The predicted molar refractivity (Wildman–Crippen MR) is 125 cm³/mol. The van der Waals surface area contributed by atoms with Gasteiger partial charge in [0, 0.05) is 11.5 Å². The SMILES string of the molecule is CCOC(=O)COc1cc(C2=NN(C3CCCCCC3)C(=O)C3CC=CCC23)ccc1OC. The van der Waals surface area contributed by atoms with Crippen LogP contribution in [0.2, 0.25) is 0 Å². The third kappa shape index (κ3) is 5.23. The fraction of sp³-hybridized carbons (Fsp3) is 0.577. The first-order valence-corrected chi connectivity index (χ1v) is 12.2. The second kappa shape index (κ2) is 10.9. The molecule has 2 unspecified atom stereocenters. The van der Waals surface area contributed by atoms with Crippen molar-refractivity contribution in [2.45, 2.75) is 64.3 Å². The van der Waals surface area contributed by atoms with Gasteiger partial charge in [-0.05, 0) is 50.8 Å². The van der Waals surface area contributed by atoms with Crippen molar-refractivity contribution in [1.82, 2.24) is 5.01 Å². The van der Waals surface area contributed by atoms with Crippen LogP contribution in [0.5, 0.6) is 11.5 Å². The Morgan fingerprint density at radius 3 is 2.48 bits per heavy atom. The van der Waals surface area contributed by atoms with Gasteiger partial charge in [0.05, 0.1) is 31.4 Å². The number of nitrogens with zero attached hydrogens (tertiary/aromatic N) is 2. The number of amides is 1. The van der Waals surface area contributed by atoms with Crippen LogP contribution in [0.3, 0.4) is 0 Å². The molecule has 4 rings (SSSR count). The molecule has 7 nitrogen and oxygen atoms in total. The molecule has 1 amide bonds. The van der Waals surface area contributed by atoms with E-state index >= 15 is 0 Å². The highest BCUT2D eigenvalue weighted by molar-refractivity contribution is 6.07. The number of carbonyl (C=O) groups excluding carboxylic acids is 2. The maximum atomic E-state index is 13.4. The lowest BCUT2D eigenvalue weighted by Gasteiger charge is -2.40. The third-order valence-corrected chi connectivity index (χ3v) is 6.82. The van der Waals surface area contributed by atoms with E-state index in [-0.39, 0.29) is 30.4 Å². The normalized spacial score (nSPS) is 23.4. The van der Waals surface area contributed by atoms with Crippen LogP contribution in [0.15, 0.2) is 35.5 Å². The second-order valence-electron chi connectivity index (χ2n) is 8.93. The highest BCUT2D eigenvalue weighted by Crippen LogP contribution is 2.38. The number of fused-ring (bicyclic) bond motifs is 1. The van der Waals surface area contributed by atoms with E-state index in [1.54, 1.807) is 19.0 Å². The Balaban J connectivity index is 1.67. The monoisotopic (exact) mass is 454 g/mol. The summed E-state index contributed by atoms with van der Waals surface area (Å²) in [5.41, 5.74) is 1.81. The second-order valence-corrected chi connectivity index (χ2v) is 8.93. The minimum absolute atomic E-state index is 0.0378. The zero-order valence-corrected chi connectivity index (χ0v) is 19.6. The van der Waals surface area contributed by atoms with E-state index in [2.05, 4.69) is 12.2 Å². The molecule has 3 aliphatic rings. The van der Waals surface area contributed by atoms with Gasteiger partial charge in [-0.15, -0.1) is 0 Å². The van der Waals surface area contributed by atoms with Crippen LogP contribution in [0.25, 0.3) is 0 Å². The fourth-order valence-electron chi connectivity index (χ4n) is 5.12. The van der Waals surface area contributed by atoms with Gasteiger partial charge < -0.3 is 14.2 Å². The summed E-state index contributed by atoms with van der Waals surface area (Å²) in [4.78, 5) is 25.3. The number of carbonyl (C=O) groups is 2. The van der Waals surface area contributed by atoms with Crippen LogP contribution in [0.4, 0.5) is 0 Å². The molecule has 0 spiro atoms. The minimum atomic E-state index is -0.428. The average Bonchev–Trinajstić information content (AvgIpc) is 3.13. The molecule has 1 aromatic rings. The number of esters is 1. The summed E-state index contributed by atoms with van der Waals surface area (Å²) in [5.74, 6) is 0.685. The summed E-state index contributed by atoms with van der Waals surface area (Å²) in [7, 11) is 1.57. The van der Waals surface area contributed by atoms with Crippen LogP contribution in [0, 0.1) is 11.8 Å². The summed E-state index contributed by atoms with van der Waals surface area (Å²) in [6.07, 6.45) is 12.5. The lowest BCUT2D eigenvalue weighted by atomic mass is 9.76. The number of hydrazone groups is 1. The lowest BCUT2D eigenvalue weighted by molar-refractivity contribution is -0.145. The van der Waals surface area contributed by atoms with Gasteiger partial charge >= 0.3 is 5.97 Å². The molecule has 0 aromatic heterocycles. The van der Waals surface area contributed by atoms with Crippen LogP contribution < -0.4 is 9.47 Å². The van der Waals surface area contributed by atoms with Gasteiger partial charge in [-0.3, -0.25) is 4.79 Å². The number of hydrogen-bond donors (Lipinski definition) is 0. The average molecular weight is 455 g/mol. The van der Waals surface area contributed by atoms with Crippen molar-refractivity contribution in [1.29, 1.82) is 0 Å². The van der Waals surface area contributed by atoms with Gasteiger partial charge in [0.2, 0.25) is 5.91 Å². The molecule has 1 heterocycles. The van der Waals surface area contributed by atoms with Crippen molar-refractivity contribution in [2.24, 2.45) is 16.9 Å². The van der Waals surface area contributed by atoms with Gasteiger partial charge in [-0.1, -0.05) is 37.8 Å². The van der Waals surface area contributed by atoms with Crippen molar-refractivity contribution >= 4 is 17.6 Å². The molecule has 0 bridgehead atoms. The van der Waals surface area contributed by atoms with E-state index in [4.69, 9.17) is 19.3 Å². The van der Waals surface area contributed by atoms with Crippen molar-refractivity contribution in [3.63, 3.8) is 0 Å². The molecular formula is C26H34N2O5. The quantitative estimate of drug-likeness (QED) is 0.345. The molecule has 0 radical (unpaired) electrons. The molecule has 2 aliphatic carbocycles. The van der Waals surface area contributed by atoms with Gasteiger partial charge in [0.15, 0.2) is 18.1 Å². The zero-order chi connectivity index (χ0) is 23.2. The van der Waals surface area contributed by atoms with E-state index < -0.39 is 5.97 Å². The molecule has 178 valence electrons. The Morgan fingerprint density at radius 2 is 1.79 bits per heavy atom. The summed E-state index contributed by atoms with van der Waals surface area (Å²) < 4.78 is 16.2. The van der Waals surface area contributed by atoms with E-state index in [1.807, 2.05) is 18.2 Å². The Morgan fingerprint density at radius 1 is 1.06 bits per heavy atom. The fourth-order valence-corrected chi connectivity index (χ4v) is 5.12.